The predicted molar refractivity (Wildman–Crippen MR) is 54.3 cm³/mol. The summed E-state index contributed by atoms with van der Waals surface area (Å²) < 4.78 is 27.5. The highest BCUT2D eigenvalue weighted by atomic mass is 32.2. The number of rotatable bonds is 3. The van der Waals surface area contributed by atoms with Crippen molar-refractivity contribution in [3.05, 3.63) is 29.8 Å². The van der Waals surface area contributed by atoms with Crippen LogP contribution in [0.3, 0.4) is 0 Å². The maximum Gasteiger partial charge on any atom is 0.175 e. The lowest BCUT2D eigenvalue weighted by Crippen LogP contribution is -1.98. The van der Waals surface area contributed by atoms with Crippen molar-refractivity contribution < 1.29 is 18.3 Å². The summed E-state index contributed by atoms with van der Waals surface area (Å²) in [5.41, 5.74) is 0.904. The molecule has 0 unspecified atom stereocenters. The van der Waals surface area contributed by atoms with E-state index in [0.717, 1.165) is 5.56 Å². The third kappa shape index (κ3) is 2.19. The van der Waals surface area contributed by atoms with Crippen molar-refractivity contribution in [1.82, 2.24) is 0 Å². The van der Waals surface area contributed by atoms with Crippen LogP contribution in [0.1, 0.15) is 11.7 Å². The summed E-state index contributed by atoms with van der Waals surface area (Å²) in [5, 5.41) is 8.80. The van der Waals surface area contributed by atoms with E-state index in [1.807, 2.05) is 0 Å². The Morgan fingerprint density at radius 3 is 2.33 bits per heavy atom. The molecule has 1 aliphatic rings. The Labute approximate surface area is 88.4 Å². The first kappa shape index (κ1) is 10.6. The molecule has 0 spiro atoms. The molecule has 82 valence electrons. The molecule has 1 aromatic rings. The van der Waals surface area contributed by atoms with Crippen LogP contribution in [0.15, 0.2) is 29.2 Å². The highest BCUT2D eigenvalue weighted by molar-refractivity contribution is 7.90. The van der Waals surface area contributed by atoms with E-state index in [0.29, 0.717) is 4.90 Å². The summed E-state index contributed by atoms with van der Waals surface area (Å²) in [4.78, 5) is 0.299. The van der Waals surface area contributed by atoms with E-state index < -0.39 is 9.84 Å². The minimum absolute atomic E-state index is 0.00149. The van der Waals surface area contributed by atoms with Gasteiger partial charge in [0.2, 0.25) is 0 Å². The predicted octanol–water partition coefficient (Wildman–Crippen LogP) is 0.522. The van der Waals surface area contributed by atoms with Gasteiger partial charge in [-0.3, -0.25) is 0 Å². The largest absolute Gasteiger partial charge is 0.394 e. The topological polar surface area (TPSA) is 66.9 Å². The van der Waals surface area contributed by atoms with Crippen LogP contribution in [0, 0.1) is 0 Å². The Balaban J connectivity index is 2.19. The van der Waals surface area contributed by atoms with Crippen LogP contribution >= 0.6 is 0 Å². The highest BCUT2D eigenvalue weighted by Crippen LogP contribution is 2.38. The second-order valence-corrected chi connectivity index (χ2v) is 5.63. The van der Waals surface area contributed by atoms with Gasteiger partial charge in [-0.1, -0.05) is 12.1 Å². The van der Waals surface area contributed by atoms with Crippen molar-refractivity contribution in [2.45, 2.75) is 17.1 Å². The van der Waals surface area contributed by atoms with Crippen LogP contribution in [-0.2, 0) is 14.6 Å². The minimum atomic E-state index is -3.13. The molecule has 1 aromatic carbocycles. The van der Waals surface area contributed by atoms with Gasteiger partial charge in [-0.15, -0.1) is 0 Å². The van der Waals surface area contributed by atoms with Gasteiger partial charge < -0.3 is 9.84 Å². The Morgan fingerprint density at radius 1 is 1.33 bits per heavy atom. The van der Waals surface area contributed by atoms with Crippen molar-refractivity contribution in [3.8, 4) is 0 Å². The first-order valence-corrected chi connectivity index (χ1v) is 6.48. The maximum absolute atomic E-state index is 11.2. The first-order chi connectivity index (χ1) is 7.02. The van der Waals surface area contributed by atoms with Gasteiger partial charge in [-0.05, 0) is 17.7 Å². The van der Waals surface area contributed by atoms with Gasteiger partial charge in [0.1, 0.15) is 12.2 Å². The van der Waals surface area contributed by atoms with Gasteiger partial charge in [0, 0.05) is 6.26 Å². The SMILES string of the molecule is CS(=O)(=O)c1ccc([C@H]2O[C@H]2CO)cc1. The summed E-state index contributed by atoms with van der Waals surface area (Å²) >= 11 is 0. The molecule has 0 saturated carbocycles. The number of benzene rings is 1. The molecule has 0 amide bonds. The molecular weight excluding hydrogens is 216 g/mol. The summed E-state index contributed by atoms with van der Waals surface area (Å²) in [5.74, 6) is 0. The van der Waals surface area contributed by atoms with Crippen molar-refractivity contribution in [3.63, 3.8) is 0 Å². The molecule has 1 heterocycles. The Hall–Kier alpha value is -0.910. The summed E-state index contributed by atoms with van der Waals surface area (Å²) in [6, 6.07) is 6.55. The zero-order chi connectivity index (χ0) is 11.1. The fraction of sp³-hybridized carbons (Fsp3) is 0.400. The summed E-state index contributed by atoms with van der Waals surface area (Å²) in [6.45, 7) is -0.00149. The lowest BCUT2D eigenvalue weighted by Gasteiger charge is -1.99. The fourth-order valence-corrected chi connectivity index (χ4v) is 2.11. The number of epoxide rings is 1. The second-order valence-electron chi connectivity index (χ2n) is 3.62. The van der Waals surface area contributed by atoms with Crippen LogP contribution in [0.2, 0.25) is 0 Å². The third-order valence-electron chi connectivity index (χ3n) is 2.40. The average Bonchev–Trinajstić information content (AvgIpc) is 2.95. The lowest BCUT2D eigenvalue weighted by molar-refractivity contribution is 0.242. The van der Waals surface area contributed by atoms with Crippen LogP contribution in [0.5, 0.6) is 0 Å². The fourth-order valence-electron chi connectivity index (χ4n) is 1.48. The van der Waals surface area contributed by atoms with Crippen LogP contribution in [0.4, 0.5) is 0 Å². The lowest BCUT2D eigenvalue weighted by atomic mass is 10.1. The van der Waals surface area contributed by atoms with Crippen LogP contribution in [-0.4, -0.2) is 32.5 Å². The molecule has 1 saturated heterocycles. The second kappa shape index (κ2) is 3.59. The quantitative estimate of drug-likeness (QED) is 0.766. The summed E-state index contributed by atoms with van der Waals surface area (Å²) in [6.07, 6.45) is 0.962. The zero-order valence-electron chi connectivity index (χ0n) is 8.25. The Morgan fingerprint density at radius 2 is 1.93 bits per heavy atom. The maximum atomic E-state index is 11.2. The van der Waals surface area contributed by atoms with Crippen molar-refractivity contribution in [1.29, 1.82) is 0 Å². The Kier molecular flexibility index (Phi) is 2.54. The number of aliphatic hydroxyl groups excluding tert-OH is 1. The van der Waals surface area contributed by atoms with Crippen LogP contribution in [0.25, 0.3) is 0 Å². The van der Waals surface area contributed by atoms with Gasteiger partial charge in [0.25, 0.3) is 0 Å². The molecule has 4 nitrogen and oxygen atoms in total. The number of sulfone groups is 1. The normalized spacial score (nSPS) is 25.2. The molecule has 1 N–H and O–H groups in total. The van der Waals surface area contributed by atoms with E-state index in [2.05, 4.69) is 0 Å². The zero-order valence-corrected chi connectivity index (χ0v) is 9.07. The number of ether oxygens (including phenoxy) is 1. The van der Waals surface area contributed by atoms with Gasteiger partial charge >= 0.3 is 0 Å². The number of hydrogen-bond acceptors (Lipinski definition) is 4. The minimum Gasteiger partial charge on any atom is -0.394 e. The summed E-state index contributed by atoms with van der Waals surface area (Å²) in [7, 11) is -3.13. The highest BCUT2D eigenvalue weighted by Gasteiger charge is 2.39. The van der Waals surface area contributed by atoms with Crippen molar-refractivity contribution in [2.75, 3.05) is 12.9 Å². The molecule has 0 bridgehead atoms. The average molecular weight is 228 g/mol. The molecule has 2 rings (SSSR count). The van der Waals surface area contributed by atoms with E-state index in [1.165, 1.54) is 6.26 Å². The van der Waals surface area contributed by atoms with Gasteiger partial charge in [-0.25, -0.2) is 8.42 Å². The van der Waals surface area contributed by atoms with Gasteiger partial charge in [0.15, 0.2) is 9.84 Å². The third-order valence-corrected chi connectivity index (χ3v) is 3.53. The van der Waals surface area contributed by atoms with E-state index >= 15 is 0 Å². The molecule has 1 aliphatic heterocycles. The molecular formula is C10H12O4S. The molecule has 0 aliphatic carbocycles. The molecule has 5 heteroatoms. The van der Waals surface area contributed by atoms with Gasteiger partial charge in [0.05, 0.1) is 11.5 Å². The standard InChI is InChI=1S/C10H12O4S/c1-15(12,13)8-4-2-7(3-5-8)10-9(6-11)14-10/h2-5,9-11H,6H2,1H3/t9-,10+/m0/s1. The number of hydrogen-bond donors (Lipinski definition) is 1. The van der Waals surface area contributed by atoms with Gasteiger partial charge in [-0.2, -0.15) is 0 Å². The Bertz CT molecular complexity index is 449. The van der Waals surface area contributed by atoms with E-state index in [9.17, 15) is 8.42 Å². The molecule has 0 aromatic heterocycles. The molecule has 1 fully saturated rings. The molecule has 15 heavy (non-hydrogen) atoms. The van der Waals surface area contributed by atoms with Crippen molar-refractivity contribution >= 4 is 9.84 Å². The van der Waals surface area contributed by atoms with Crippen LogP contribution < -0.4 is 0 Å². The molecule has 2 atom stereocenters. The molecule has 0 radical (unpaired) electrons. The van der Waals surface area contributed by atoms with E-state index in [-0.39, 0.29) is 18.8 Å². The number of aliphatic hydroxyl groups is 1. The van der Waals surface area contributed by atoms with Crippen molar-refractivity contribution in [2.24, 2.45) is 0 Å². The first-order valence-electron chi connectivity index (χ1n) is 4.58. The van der Waals surface area contributed by atoms with E-state index in [1.54, 1.807) is 24.3 Å². The smallest absolute Gasteiger partial charge is 0.175 e. The van der Waals surface area contributed by atoms with E-state index in [4.69, 9.17) is 9.84 Å². The monoisotopic (exact) mass is 228 g/mol.